The highest BCUT2D eigenvalue weighted by Gasteiger charge is 2.20. The zero-order valence-corrected chi connectivity index (χ0v) is 28.4. The van der Waals surface area contributed by atoms with Crippen LogP contribution in [0.2, 0.25) is 0 Å². The first-order valence-corrected chi connectivity index (χ1v) is 16.2. The fourth-order valence-electron chi connectivity index (χ4n) is 6.36. The van der Waals surface area contributed by atoms with Gasteiger partial charge in [-0.3, -0.25) is 0 Å². The summed E-state index contributed by atoms with van der Waals surface area (Å²) < 4.78 is 0. The molecule has 0 aliphatic heterocycles. The van der Waals surface area contributed by atoms with E-state index in [0.717, 1.165) is 18.5 Å². The van der Waals surface area contributed by atoms with Crippen molar-refractivity contribution in [1.29, 1.82) is 0 Å². The quantitative estimate of drug-likeness (QED) is 0.178. The van der Waals surface area contributed by atoms with Crippen LogP contribution in [0.1, 0.15) is 62.8 Å². The number of hydrogen-bond donors (Lipinski definition) is 0. The topological polar surface area (TPSA) is 6.48 Å². The highest BCUT2D eigenvalue weighted by atomic mass is 15.2. The molecule has 2 heteroatoms. The first-order valence-electron chi connectivity index (χ1n) is 16.2. The van der Waals surface area contributed by atoms with Gasteiger partial charge in [0.25, 0.3) is 0 Å². The number of hydrogen-bond acceptors (Lipinski definition) is 2. The predicted molar refractivity (Wildman–Crippen MR) is 197 cm³/mol. The van der Waals surface area contributed by atoms with Gasteiger partial charge in [0.05, 0.1) is 0 Å². The van der Waals surface area contributed by atoms with Gasteiger partial charge < -0.3 is 9.80 Å². The maximum absolute atomic E-state index is 2.51. The third-order valence-corrected chi connectivity index (χ3v) is 8.56. The van der Waals surface area contributed by atoms with Gasteiger partial charge in [-0.25, -0.2) is 0 Å². The summed E-state index contributed by atoms with van der Waals surface area (Å²) in [5.74, 6) is 0. The summed E-state index contributed by atoms with van der Waals surface area (Å²) >= 11 is 0. The molecule has 0 spiro atoms. The van der Waals surface area contributed by atoms with Crippen molar-refractivity contribution in [3.05, 3.63) is 154 Å². The van der Waals surface area contributed by atoms with E-state index in [-0.39, 0.29) is 6.04 Å². The Morgan fingerprint density at radius 3 is 1.78 bits per heavy atom. The van der Waals surface area contributed by atoms with Crippen LogP contribution in [-0.4, -0.2) is 6.04 Å². The summed E-state index contributed by atoms with van der Waals surface area (Å²) in [7, 11) is 0. The molecule has 0 radical (unpaired) electrons. The Bertz CT molecular complexity index is 1750. The summed E-state index contributed by atoms with van der Waals surface area (Å²) in [5.41, 5.74) is 16.4. The molecule has 2 nitrogen and oxygen atoms in total. The van der Waals surface area contributed by atoms with E-state index < -0.39 is 0 Å². The van der Waals surface area contributed by atoms with Crippen molar-refractivity contribution >= 4 is 22.7 Å². The van der Waals surface area contributed by atoms with Crippen LogP contribution in [0.15, 0.2) is 132 Å². The molecule has 0 fully saturated rings. The van der Waals surface area contributed by atoms with Crippen LogP contribution < -0.4 is 9.80 Å². The summed E-state index contributed by atoms with van der Waals surface area (Å²) in [6.45, 7) is 17.6. The van der Waals surface area contributed by atoms with Crippen molar-refractivity contribution in [2.24, 2.45) is 0 Å². The molecule has 4 aromatic rings. The molecule has 0 saturated carbocycles. The summed E-state index contributed by atoms with van der Waals surface area (Å²) in [5, 5.41) is 0. The second kappa shape index (κ2) is 14.0. The third kappa shape index (κ3) is 7.57. The minimum atomic E-state index is 0.234. The summed E-state index contributed by atoms with van der Waals surface area (Å²) in [6.07, 6.45) is 13.5. The first-order chi connectivity index (χ1) is 21.6. The summed E-state index contributed by atoms with van der Waals surface area (Å²) in [6, 6.07) is 31.6. The van der Waals surface area contributed by atoms with E-state index >= 15 is 0 Å². The molecule has 0 amide bonds. The molecular formula is C43H48N2. The van der Waals surface area contributed by atoms with E-state index in [1.54, 1.807) is 0 Å². The highest BCUT2D eigenvalue weighted by molar-refractivity contribution is 5.81. The van der Waals surface area contributed by atoms with Gasteiger partial charge in [-0.05, 0) is 156 Å². The van der Waals surface area contributed by atoms with Crippen molar-refractivity contribution in [2.75, 3.05) is 9.80 Å². The van der Waals surface area contributed by atoms with E-state index in [1.165, 1.54) is 67.3 Å². The zero-order chi connectivity index (χ0) is 32.1. The van der Waals surface area contributed by atoms with Gasteiger partial charge in [0, 0.05) is 34.5 Å². The Balaban J connectivity index is 1.52. The lowest BCUT2D eigenvalue weighted by molar-refractivity contribution is 0.764. The van der Waals surface area contributed by atoms with Gasteiger partial charge in [-0.1, -0.05) is 71.8 Å². The molecule has 1 aliphatic carbocycles. The maximum atomic E-state index is 2.51. The molecule has 1 aliphatic rings. The van der Waals surface area contributed by atoms with Crippen molar-refractivity contribution in [3.8, 4) is 11.1 Å². The van der Waals surface area contributed by atoms with Crippen LogP contribution in [0, 0.1) is 27.7 Å². The number of anilines is 4. The molecular weight excluding hydrogens is 544 g/mol. The second-order valence-corrected chi connectivity index (χ2v) is 12.9. The Labute approximate surface area is 271 Å². The Kier molecular flexibility index (Phi) is 9.93. The Hall–Kier alpha value is -4.56. The molecule has 0 aromatic heterocycles. The molecule has 1 atom stereocenters. The number of benzene rings is 4. The number of rotatable bonds is 9. The van der Waals surface area contributed by atoms with Crippen LogP contribution in [0.25, 0.3) is 11.1 Å². The lowest BCUT2D eigenvalue weighted by Crippen LogP contribution is -2.31. The molecule has 1 unspecified atom stereocenters. The van der Waals surface area contributed by atoms with Gasteiger partial charge in [-0.15, -0.1) is 0 Å². The lowest BCUT2D eigenvalue weighted by Gasteiger charge is -2.34. The third-order valence-electron chi connectivity index (χ3n) is 8.56. The SMILES string of the molecule is CC(C)=C/C=C\C(C)N(C1=CC(C)=CCC1)c1ccc(-c2ccc(N(c3cccc(C)c3)c3cccc(C)c3)cc2C)c(C)c1. The molecule has 5 rings (SSSR count). The Morgan fingerprint density at radius 1 is 0.689 bits per heavy atom. The largest absolute Gasteiger partial charge is 0.338 e. The second-order valence-electron chi connectivity index (χ2n) is 12.9. The van der Waals surface area contributed by atoms with Gasteiger partial charge in [0.1, 0.15) is 0 Å². The minimum Gasteiger partial charge on any atom is -0.338 e. The number of allylic oxidation sites excluding steroid dienone is 7. The molecule has 0 heterocycles. The van der Waals surface area contributed by atoms with E-state index in [1.807, 2.05) is 0 Å². The lowest BCUT2D eigenvalue weighted by atomic mass is 9.94. The van der Waals surface area contributed by atoms with Crippen LogP contribution in [0.4, 0.5) is 22.7 Å². The molecule has 45 heavy (non-hydrogen) atoms. The normalized spacial score (nSPS) is 13.7. The van der Waals surface area contributed by atoms with Gasteiger partial charge in [0.2, 0.25) is 0 Å². The average Bonchev–Trinajstić information content (AvgIpc) is 2.98. The van der Waals surface area contributed by atoms with Crippen molar-refractivity contribution in [1.82, 2.24) is 0 Å². The van der Waals surface area contributed by atoms with E-state index in [2.05, 4.69) is 180 Å². The smallest absolute Gasteiger partial charge is 0.0493 e. The molecule has 0 bridgehead atoms. The molecule has 230 valence electrons. The van der Waals surface area contributed by atoms with E-state index in [0.29, 0.717) is 0 Å². The minimum absolute atomic E-state index is 0.234. The average molecular weight is 593 g/mol. The maximum Gasteiger partial charge on any atom is 0.0493 e. The van der Waals surface area contributed by atoms with Crippen LogP contribution in [0.5, 0.6) is 0 Å². The monoisotopic (exact) mass is 592 g/mol. The molecule has 4 aromatic carbocycles. The highest BCUT2D eigenvalue weighted by Crippen LogP contribution is 2.39. The standard InChI is InChI=1S/C43H48N2/c1-30(2)13-9-17-36(8)44(37-18-10-14-31(3)25-37)40-21-23-42(34(6)28-40)43-24-22-41(29-35(43)7)45(38-19-11-15-32(4)26-38)39-20-12-16-33(5)27-39/h9,11-17,19-29,36H,10,18H2,1-8H3/b17-9-. The summed E-state index contributed by atoms with van der Waals surface area (Å²) in [4.78, 5) is 4.88. The molecule has 0 saturated heterocycles. The van der Waals surface area contributed by atoms with Gasteiger partial charge in [0.15, 0.2) is 0 Å². The van der Waals surface area contributed by atoms with E-state index in [4.69, 9.17) is 0 Å². The van der Waals surface area contributed by atoms with E-state index in [9.17, 15) is 0 Å². The Morgan fingerprint density at radius 2 is 1.24 bits per heavy atom. The van der Waals surface area contributed by atoms with Crippen LogP contribution in [0.3, 0.4) is 0 Å². The molecule has 0 N–H and O–H groups in total. The van der Waals surface area contributed by atoms with Gasteiger partial charge >= 0.3 is 0 Å². The van der Waals surface area contributed by atoms with Crippen molar-refractivity contribution < 1.29 is 0 Å². The fraction of sp³-hybridized carbons (Fsp3) is 0.256. The predicted octanol–water partition coefficient (Wildman–Crippen LogP) is 12.4. The van der Waals surface area contributed by atoms with Crippen LogP contribution >= 0.6 is 0 Å². The van der Waals surface area contributed by atoms with Crippen molar-refractivity contribution in [2.45, 2.75) is 74.3 Å². The first kappa shape index (κ1) is 31.9. The van der Waals surface area contributed by atoms with Crippen LogP contribution in [-0.2, 0) is 0 Å². The number of aryl methyl sites for hydroxylation is 4. The zero-order valence-electron chi connectivity index (χ0n) is 28.4. The fourth-order valence-corrected chi connectivity index (χ4v) is 6.36. The van der Waals surface area contributed by atoms with Crippen molar-refractivity contribution in [3.63, 3.8) is 0 Å². The van der Waals surface area contributed by atoms with Gasteiger partial charge in [-0.2, -0.15) is 0 Å². The number of nitrogens with zero attached hydrogens (tertiary/aromatic N) is 2.